The van der Waals surface area contributed by atoms with Crippen LogP contribution in [0.2, 0.25) is 0 Å². The molecule has 0 aliphatic heterocycles. The number of halogens is 1. The van der Waals surface area contributed by atoms with Crippen LogP contribution in [0.5, 0.6) is 5.88 Å². The fourth-order valence-electron chi connectivity index (χ4n) is 1.43. The molecular formula is C11H18ClN3O. The molecule has 0 spiro atoms. The molecule has 0 saturated heterocycles. The summed E-state index contributed by atoms with van der Waals surface area (Å²) in [4.78, 5) is 8.42. The number of hydrogen-bond donors (Lipinski definition) is 1. The van der Waals surface area contributed by atoms with E-state index in [1.807, 2.05) is 6.92 Å². The molecule has 90 valence electrons. The predicted octanol–water partition coefficient (Wildman–Crippen LogP) is 2.61. The summed E-state index contributed by atoms with van der Waals surface area (Å²) in [6.45, 7) is 3.95. The lowest BCUT2D eigenvalue weighted by molar-refractivity contribution is 0.396. The molecule has 4 nitrogen and oxygen atoms in total. The van der Waals surface area contributed by atoms with Crippen molar-refractivity contribution in [2.45, 2.75) is 32.7 Å². The molecular weight excluding hydrogens is 226 g/mol. The first-order valence-electron chi connectivity index (χ1n) is 5.38. The Balaban J connectivity index is 2.61. The van der Waals surface area contributed by atoms with Crippen molar-refractivity contribution in [1.29, 1.82) is 0 Å². The van der Waals surface area contributed by atoms with Crippen LogP contribution < -0.4 is 10.1 Å². The highest BCUT2D eigenvalue weighted by Gasteiger charge is 2.05. The van der Waals surface area contributed by atoms with Gasteiger partial charge in [-0.2, -0.15) is 4.98 Å². The van der Waals surface area contributed by atoms with Gasteiger partial charge in [0.1, 0.15) is 11.6 Å². The van der Waals surface area contributed by atoms with Gasteiger partial charge in [0.15, 0.2) is 0 Å². The van der Waals surface area contributed by atoms with E-state index in [9.17, 15) is 0 Å². The summed E-state index contributed by atoms with van der Waals surface area (Å²) >= 11 is 5.65. The minimum atomic E-state index is 0.345. The van der Waals surface area contributed by atoms with Crippen LogP contribution in [-0.4, -0.2) is 29.0 Å². The maximum absolute atomic E-state index is 5.65. The molecule has 1 atom stereocenters. The Kier molecular flexibility index (Phi) is 5.32. The van der Waals surface area contributed by atoms with E-state index in [2.05, 4.69) is 22.2 Å². The summed E-state index contributed by atoms with van der Waals surface area (Å²) in [6.07, 6.45) is 2.02. The summed E-state index contributed by atoms with van der Waals surface area (Å²) in [5.74, 6) is 2.77. The first-order chi connectivity index (χ1) is 7.65. The quantitative estimate of drug-likeness (QED) is 0.781. The van der Waals surface area contributed by atoms with Crippen molar-refractivity contribution in [2.24, 2.45) is 0 Å². The van der Waals surface area contributed by atoms with Gasteiger partial charge in [0.25, 0.3) is 0 Å². The SMILES string of the molecule is COc1cc(NC(C)CCCCl)nc(C)n1. The number of aromatic nitrogens is 2. The highest BCUT2D eigenvalue weighted by Crippen LogP contribution is 2.14. The van der Waals surface area contributed by atoms with Crippen LogP contribution in [-0.2, 0) is 0 Å². The molecule has 16 heavy (non-hydrogen) atoms. The van der Waals surface area contributed by atoms with E-state index in [0.717, 1.165) is 18.7 Å². The van der Waals surface area contributed by atoms with Gasteiger partial charge >= 0.3 is 0 Å². The van der Waals surface area contributed by atoms with Gasteiger partial charge in [-0.05, 0) is 26.7 Å². The molecule has 0 aliphatic carbocycles. The molecule has 1 aromatic rings. The van der Waals surface area contributed by atoms with Crippen LogP contribution in [0.25, 0.3) is 0 Å². The van der Waals surface area contributed by atoms with E-state index >= 15 is 0 Å². The van der Waals surface area contributed by atoms with Gasteiger partial charge in [0.2, 0.25) is 5.88 Å². The Labute approximate surface area is 101 Å². The molecule has 0 amide bonds. The molecule has 0 saturated carbocycles. The molecule has 0 radical (unpaired) electrons. The zero-order chi connectivity index (χ0) is 12.0. The monoisotopic (exact) mass is 243 g/mol. The van der Waals surface area contributed by atoms with Crippen molar-refractivity contribution in [3.05, 3.63) is 11.9 Å². The number of methoxy groups -OCH3 is 1. The van der Waals surface area contributed by atoms with Crippen LogP contribution >= 0.6 is 11.6 Å². The molecule has 1 unspecified atom stereocenters. The van der Waals surface area contributed by atoms with Gasteiger partial charge in [-0.15, -0.1) is 11.6 Å². The van der Waals surface area contributed by atoms with Gasteiger partial charge in [-0.25, -0.2) is 4.98 Å². The van der Waals surface area contributed by atoms with E-state index < -0.39 is 0 Å². The number of hydrogen-bond acceptors (Lipinski definition) is 4. The van der Waals surface area contributed by atoms with Gasteiger partial charge < -0.3 is 10.1 Å². The lowest BCUT2D eigenvalue weighted by atomic mass is 10.2. The fraction of sp³-hybridized carbons (Fsp3) is 0.636. The number of aryl methyl sites for hydroxylation is 1. The second kappa shape index (κ2) is 6.53. The van der Waals surface area contributed by atoms with Crippen LogP contribution in [0.4, 0.5) is 5.82 Å². The zero-order valence-electron chi connectivity index (χ0n) is 9.96. The van der Waals surface area contributed by atoms with Crippen molar-refractivity contribution in [1.82, 2.24) is 9.97 Å². The molecule has 0 fully saturated rings. The van der Waals surface area contributed by atoms with Crippen LogP contribution in [0.1, 0.15) is 25.6 Å². The number of anilines is 1. The Morgan fingerprint density at radius 3 is 2.88 bits per heavy atom. The van der Waals surface area contributed by atoms with Crippen LogP contribution in [0.3, 0.4) is 0 Å². The molecule has 1 heterocycles. The van der Waals surface area contributed by atoms with Gasteiger partial charge in [-0.1, -0.05) is 0 Å². The third kappa shape index (κ3) is 4.23. The van der Waals surface area contributed by atoms with Crippen molar-refractivity contribution < 1.29 is 4.74 Å². The number of rotatable bonds is 6. The number of alkyl halides is 1. The highest BCUT2D eigenvalue weighted by atomic mass is 35.5. The Morgan fingerprint density at radius 2 is 2.25 bits per heavy atom. The molecule has 1 rings (SSSR count). The molecule has 0 bridgehead atoms. The molecule has 1 aromatic heterocycles. The second-order valence-electron chi connectivity index (χ2n) is 3.72. The summed E-state index contributed by atoms with van der Waals surface area (Å²) in [7, 11) is 1.60. The molecule has 0 aliphatic rings. The number of nitrogens with zero attached hydrogens (tertiary/aromatic N) is 2. The fourth-order valence-corrected chi connectivity index (χ4v) is 1.58. The average molecular weight is 244 g/mol. The average Bonchev–Trinajstić information content (AvgIpc) is 2.25. The summed E-state index contributed by atoms with van der Waals surface area (Å²) in [5.41, 5.74) is 0. The maximum atomic E-state index is 5.65. The molecule has 0 aromatic carbocycles. The van der Waals surface area contributed by atoms with Crippen LogP contribution in [0.15, 0.2) is 6.07 Å². The highest BCUT2D eigenvalue weighted by molar-refractivity contribution is 6.17. The summed E-state index contributed by atoms with van der Waals surface area (Å²) in [6, 6.07) is 2.14. The van der Waals surface area contributed by atoms with E-state index in [1.165, 1.54) is 0 Å². The normalized spacial score (nSPS) is 12.2. The van der Waals surface area contributed by atoms with Crippen LogP contribution in [0, 0.1) is 6.92 Å². The number of nitrogens with one attached hydrogen (secondary N) is 1. The summed E-state index contributed by atoms with van der Waals surface area (Å²) < 4.78 is 5.09. The van der Waals surface area contributed by atoms with Crippen molar-refractivity contribution in [3.8, 4) is 5.88 Å². The third-order valence-corrected chi connectivity index (χ3v) is 2.46. The Bertz CT molecular complexity index is 333. The largest absolute Gasteiger partial charge is 0.481 e. The number of ether oxygens (including phenoxy) is 1. The minimum Gasteiger partial charge on any atom is -0.481 e. The minimum absolute atomic E-state index is 0.345. The summed E-state index contributed by atoms with van der Waals surface area (Å²) in [5, 5.41) is 3.30. The predicted molar refractivity (Wildman–Crippen MR) is 66.4 cm³/mol. The first kappa shape index (κ1) is 13.0. The molecule has 1 N–H and O–H groups in total. The van der Waals surface area contributed by atoms with E-state index in [4.69, 9.17) is 16.3 Å². The zero-order valence-corrected chi connectivity index (χ0v) is 10.7. The van der Waals surface area contributed by atoms with Crippen molar-refractivity contribution in [2.75, 3.05) is 18.3 Å². The van der Waals surface area contributed by atoms with Crippen molar-refractivity contribution >= 4 is 17.4 Å². The Morgan fingerprint density at radius 1 is 1.50 bits per heavy atom. The molecule has 5 heteroatoms. The standard InChI is InChI=1S/C11H18ClN3O/c1-8(5-4-6-12)13-10-7-11(16-3)15-9(2)14-10/h7-8H,4-6H2,1-3H3,(H,13,14,15). The first-order valence-corrected chi connectivity index (χ1v) is 5.91. The van der Waals surface area contributed by atoms with Gasteiger partial charge in [0, 0.05) is 18.0 Å². The lowest BCUT2D eigenvalue weighted by Crippen LogP contribution is -2.16. The maximum Gasteiger partial charge on any atom is 0.218 e. The van der Waals surface area contributed by atoms with Gasteiger partial charge in [0.05, 0.1) is 7.11 Å². The van der Waals surface area contributed by atoms with E-state index in [0.29, 0.717) is 23.6 Å². The van der Waals surface area contributed by atoms with E-state index in [1.54, 1.807) is 13.2 Å². The Hall–Kier alpha value is -1.03. The smallest absolute Gasteiger partial charge is 0.218 e. The second-order valence-corrected chi connectivity index (χ2v) is 4.10. The third-order valence-electron chi connectivity index (χ3n) is 2.19. The van der Waals surface area contributed by atoms with Gasteiger partial charge in [-0.3, -0.25) is 0 Å². The van der Waals surface area contributed by atoms with Crippen molar-refractivity contribution in [3.63, 3.8) is 0 Å². The van der Waals surface area contributed by atoms with E-state index in [-0.39, 0.29) is 0 Å². The topological polar surface area (TPSA) is 47.0 Å². The lowest BCUT2D eigenvalue weighted by Gasteiger charge is -2.14.